The second-order valence-electron chi connectivity index (χ2n) is 7.48. The molecule has 3 fully saturated rings. The zero-order valence-corrected chi connectivity index (χ0v) is 15.5. The quantitative estimate of drug-likeness (QED) is 0.816. The summed E-state index contributed by atoms with van der Waals surface area (Å²) in [6.45, 7) is 6.93. The first-order valence-electron chi connectivity index (χ1n) is 9.99. The van der Waals surface area contributed by atoms with Gasteiger partial charge in [-0.15, -0.1) is 0 Å². The number of ether oxygens (including phenoxy) is 1. The molecule has 0 atom stereocenters. The summed E-state index contributed by atoms with van der Waals surface area (Å²) in [4.78, 5) is 28.3. The lowest BCUT2D eigenvalue weighted by Gasteiger charge is -2.38. The van der Waals surface area contributed by atoms with Crippen LogP contribution in [0.3, 0.4) is 0 Å². The van der Waals surface area contributed by atoms with E-state index in [4.69, 9.17) is 4.74 Å². The zero-order chi connectivity index (χ0) is 17.8. The van der Waals surface area contributed by atoms with Gasteiger partial charge in [-0.2, -0.15) is 0 Å². The Bertz CT molecular complexity index is 606. The monoisotopic (exact) mass is 359 g/mol. The molecule has 0 spiro atoms. The molecule has 7 heteroatoms. The predicted octanol–water partition coefficient (Wildman–Crippen LogP) is 1.54. The number of hydrogen-bond donors (Lipinski definition) is 0. The molecule has 3 saturated heterocycles. The summed E-state index contributed by atoms with van der Waals surface area (Å²) >= 11 is 0. The van der Waals surface area contributed by atoms with Crippen molar-refractivity contribution in [3.05, 3.63) is 12.5 Å². The van der Waals surface area contributed by atoms with Crippen molar-refractivity contribution in [2.24, 2.45) is 5.92 Å². The van der Waals surface area contributed by atoms with Gasteiger partial charge in [0.2, 0.25) is 5.91 Å². The molecule has 0 radical (unpaired) electrons. The third-order valence-electron chi connectivity index (χ3n) is 5.84. The van der Waals surface area contributed by atoms with Crippen LogP contribution in [0.1, 0.15) is 32.1 Å². The van der Waals surface area contributed by atoms with E-state index in [1.165, 1.54) is 6.42 Å². The molecule has 1 aromatic rings. The van der Waals surface area contributed by atoms with Crippen molar-refractivity contribution in [3.63, 3.8) is 0 Å². The SMILES string of the molecule is O=C(C1CCN(c2cncnc2N2CCOCC2)CC1)N1CCCCC1. The highest BCUT2D eigenvalue weighted by atomic mass is 16.5. The lowest BCUT2D eigenvalue weighted by molar-refractivity contribution is -0.137. The molecular weight excluding hydrogens is 330 g/mol. The lowest BCUT2D eigenvalue weighted by atomic mass is 9.94. The largest absolute Gasteiger partial charge is 0.378 e. The van der Waals surface area contributed by atoms with Crippen molar-refractivity contribution in [2.45, 2.75) is 32.1 Å². The molecule has 4 rings (SSSR count). The Balaban J connectivity index is 1.39. The summed E-state index contributed by atoms with van der Waals surface area (Å²) in [5, 5.41) is 0. The Hall–Kier alpha value is -1.89. The summed E-state index contributed by atoms with van der Waals surface area (Å²) in [7, 11) is 0. The summed E-state index contributed by atoms with van der Waals surface area (Å²) in [6, 6.07) is 0. The van der Waals surface area contributed by atoms with Crippen molar-refractivity contribution in [2.75, 3.05) is 62.3 Å². The molecule has 1 amide bonds. The number of nitrogens with zero attached hydrogens (tertiary/aromatic N) is 5. The van der Waals surface area contributed by atoms with Crippen LogP contribution in [0.2, 0.25) is 0 Å². The van der Waals surface area contributed by atoms with Gasteiger partial charge in [0.15, 0.2) is 5.82 Å². The van der Waals surface area contributed by atoms with Crippen LogP contribution in [-0.4, -0.2) is 73.3 Å². The molecule has 3 aliphatic heterocycles. The number of hydrogen-bond acceptors (Lipinski definition) is 6. The van der Waals surface area contributed by atoms with Crippen LogP contribution >= 0.6 is 0 Å². The summed E-state index contributed by atoms with van der Waals surface area (Å²) < 4.78 is 5.46. The van der Waals surface area contributed by atoms with Gasteiger partial charge in [-0.05, 0) is 32.1 Å². The summed E-state index contributed by atoms with van der Waals surface area (Å²) in [6.07, 6.45) is 8.98. The summed E-state index contributed by atoms with van der Waals surface area (Å²) in [5.74, 6) is 1.56. The maximum Gasteiger partial charge on any atom is 0.225 e. The molecule has 0 saturated carbocycles. The molecule has 0 aromatic carbocycles. The number of carbonyl (C=O) groups is 1. The van der Waals surface area contributed by atoms with E-state index in [0.717, 1.165) is 89.7 Å². The number of aromatic nitrogens is 2. The van der Waals surface area contributed by atoms with Crippen molar-refractivity contribution in [1.82, 2.24) is 14.9 Å². The Labute approximate surface area is 155 Å². The Morgan fingerprint density at radius 1 is 0.962 bits per heavy atom. The molecule has 142 valence electrons. The second-order valence-corrected chi connectivity index (χ2v) is 7.48. The minimum absolute atomic E-state index is 0.181. The second kappa shape index (κ2) is 8.20. The van der Waals surface area contributed by atoms with Gasteiger partial charge in [-0.25, -0.2) is 9.97 Å². The number of carbonyl (C=O) groups excluding carboxylic acids is 1. The van der Waals surface area contributed by atoms with Crippen molar-refractivity contribution >= 4 is 17.4 Å². The smallest absolute Gasteiger partial charge is 0.225 e. The van der Waals surface area contributed by atoms with E-state index in [-0.39, 0.29) is 5.92 Å². The third kappa shape index (κ3) is 3.77. The van der Waals surface area contributed by atoms with Gasteiger partial charge in [-0.3, -0.25) is 4.79 Å². The van der Waals surface area contributed by atoms with Gasteiger partial charge in [-0.1, -0.05) is 0 Å². The van der Waals surface area contributed by atoms with Gasteiger partial charge in [0.05, 0.1) is 25.1 Å². The van der Waals surface area contributed by atoms with E-state index >= 15 is 0 Å². The number of rotatable bonds is 3. The van der Waals surface area contributed by atoms with Gasteiger partial charge < -0.3 is 19.4 Å². The molecule has 0 bridgehead atoms. The molecule has 1 aromatic heterocycles. The van der Waals surface area contributed by atoms with Crippen LogP contribution in [0.25, 0.3) is 0 Å². The number of anilines is 2. The van der Waals surface area contributed by atoms with Gasteiger partial charge in [0.1, 0.15) is 6.33 Å². The molecule has 4 heterocycles. The normalized spacial score (nSPS) is 22.5. The first-order chi connectivity index (χ1) is 12.8. The molecule has 7 nitrogen and oxygen atoms in total. The Morgan fingerprint density at radius 2 is 1.69 bits per heavy atom. The standard InChI is InChI=1S/C19H29N5O2/c25-19(24-6-2-1-3-7-24)16-4-8-22(9-5-16)17-14-20-15-21-18(17)23-10-12-26-13-11-23/h14-16H,1-13H2. The van der Waals surface area contributed by atoms with Crippen LogP contribution in [0.4, 0.5) is 11.5 Å². The predicted molar refractivity (Wildman–Crippen MR) is 100 cm³/mol. The van der Waals surface area contributed by atoms with E-state index in [1.807, 2.05) is 6.20 Å². The molecule has 0 unspecified atom stereocenters. The van der Waals surface area contributed by atoms with E-state index in [0.29, 0.717) is 5.91 Å². The van der Waals surface area contributed by atoms with Crippen LogP contribution in [-0.2, 0) is 9.53 Å². The first kappa shape index (κ1) is 17.5. The van der Waals surface area contributed by atoms with Crippen molar-refractivity contribution in [1.29, 1.82) is 0 Å². The Kier molecular flexibility index (Phi) is 5.53. The minimum Gasteiger partial charge on any atom is -0.378 e. The minimum atomic E-state index is 0.181. The fourth-order valence-electron chi connectivity index (χ4n) is 4.30. The van der Waals surface area contributed by atoms with Crippen LogP contribution in [0, 0.1) is 5.92 Å². The van der Waals surface area contributed by atoms with E-state index in [1.54, 1.807) is 6.33 Å². The summed E-state index contributed by atoms with van der Waals surface area (Å²) in [5.41, 5.74) is 1.10. The maximum atomic E-state index is 12.8. The molecular formula is C19H29N5O2. The van der Waals surface area contributed by atoms with Gasteiger partial charge in [0, 0.05) is 45.2 Å². The van der Waals surface area contributed by atoms with Crippen molar-refractivity contribution < 1.29 is 9.53 Å². The molecule has 3 aliphatic rings. The van der Waals surface area contributed by atoms with Gasteiger partial charge in [0.25, 0.3) is 0 Å². The lowest BCUT2D eigenvalue weighted by Crippen LogP contribution is -2.45. The molecule has 0 aliphatic carbocycles. The fraction of sp³-hybridized carbons (Fsp3) is 0.737. The van der Waals surface area contributed by atoms with E-state index in [9.17, 15) is 4.79 Å². The Morgan fingerprint density at radius 3 is 2.42 bits per heavy atom. The number of likely N-dealkylation sites (tertiary alicyclic amines) is 1. The average Bonchev–Trinajstić information content (AvgIpc) is 2.75. The number of piperidine rings is 2. The topological polar surface area (TPSA) is 61.8 Å². The average molecular weight is 359 g/mol. The van der Waals surface area contributed by atoms with E-state index < -0.39 is 0 Å². The van der Waals surface area contributed by atoms with Crippen LogP contribution < -0.4 is 9.80 Å². The maximum absolute atomic E-state index is 12.8. The highest BCUT2D eigenvalue weighted by Gasteiger charge is 2.30. The fourth-order valence-corrected chi connectivity index (χ4v) is 4.30. The molecule has 26 heavy (non-hydrogen) atoms. The third-order valence-corrected chi connectivity index (χ3v) is 5.84. The van der Waals surface area contributed by atoms with E-state index in [2.05, 4.69) is 24.7 Å². The van der Waals surface area contributed by atoms with Crippen LogP contribution in [0.5, 0.6) is 0 Å². The van der Waals surface area contributed by atoms with Crippen molar-refractivity contribution in [3.8, 4) is 0 Å². The number of morpholine rings is 1. The first-order valence-corrected chi connectivity index (χ1v) is 9.99. The highest BCUT2D eigenvalue weighted by Crippen LogP contribution is 2.31. The molecule has 0 N–H and O–H groups in total. The number of amides is 1. The highest BCUT2D eigenvalue weighted by molar-refractivity contribution is 5.79. The zero-order valence-electron chi connectivity index (χ0n) is 15.5. The van der Waals surface area contributed by atoms with Gasteiger partial charge >= 0.3 is 0 Å². The van der Waals surface area contributed by atoms with Crippen LogP contribution in [0.15, 0.2) is 12.5 Å².